The largest absolute Gasteiger partial charge is 0.462 e. The number of aliphatic hydroxyl groups excluding tert-OH is 1. The first-order valence-electron chi connectivity index (χ1n) is 11.5. The van der Waals surface area contributed by atoms with E-state index in [0.717, 1.165) is 0 Å². The second-order valence-electron chi connectivity index (χ2n) is 8.35. The molecule has 5 atom stereocenters. The van der Waals surface area contributed by atoms with Crippen molar-refractivity contribution in [1.82, 2.24) is 14.6 Å². The van der Waals surface area contributed by atoms with E-state index >= 15 is 0 Å². The minimum Gasteiger partial charge on any atom is -0.462 e. The van der Waals surface area contributed by atoms with E-state index in [1.54, 1.807) is 23.2 Å². The van der Waals surface area contributed by atoms with Gasteiger partial charge in [0.15, 0.2) is 0 Å². The summed E-state index contributed by atoms with van der Waals surface area (Å²) in [5.74, 6) is -0.679. The monoisotopic (exact) mass is 581 g/mol. The lowest BCUT2D eigenvalue weighted by molar-refractivity contribution is -0.146. The Kier molecular flexibility index (Phi) is 10.1. The van der Waals surface area contributed by atoms with Crippen molar-refractivity contribution >= 4 is 13.7 Å². The van der Waals surface area contributed by atoms with Crippen LogP contribution in [0.15, 0.2) is 46.1 Å². The van der Waals surface area contributed by atoms with Gasteiger partial charge in [-0.25, -0.2) is 9.36 Å². The van der Waals surface area contributed by atoms with Crippen molar-refractivity contribution in [2.24, 2.45) is 0 Å². The molecule has 0 saturated carbocycles. The Morgan fingerprint density at radius 1 is 1.28 bits per heavy atom. The molecule has 1 aromatic carbocycles. The number of H-pyrrole nitrogens is 1. The number of carbonyl (C=O) groups is 1. The summed E-state index contributed by atoms with van der Waals surface area (Å²) in [4.78, 5) is 37.5. The maximum absolute atomic E-state index is 13.5. The van der Waals surface area contributed by atoms with Crippen LogP contribution in [0, 0.1) is 0 Å². The Morgan fingerprint density at radius 2 is 1.97 bits per heavy atom. The van der Waals surface area contributed by atoms with Crippen molar-refractivity contribution in [3.63, 3.8) is 0 Å². The zero-order chi connectivity index (χ0) is 28.8. The molecule has 1 aliphatic heterocycles. The minimum atomic E-state index is -5.04. The number of rotatable bonds is 12. The molecular formula is C22H27F3N3O10P. The summed E-state index contributed by atoms with van der Waals surface area (Å²) in [7, 11) is -2.93. The van der Waals surface area contributed by atoms with Crippen LogP contribution in [-0.4, -0.2) is 65.8 Å². The van der Waals surface area contributed by atoms with Gasteiger partial charge in [-0.15, -0.1) is 0 Å². The van der Waals surface area contributed by atoms with Crippen LogP contribution < -0.4 is 20.9 Å². The summed E-state index contributed by atoms with van der Waals surface area (Å²) in [6, 6.07) is 6.61. The van der Waals surface area contributed by atoms with E-state index in [4.69, 9.17) is 23.3 Å². The van der Waals surface area contributed by atoms with Crippen LogP contribution in [0.3, 0.4) is 0 Å². The SMILES string of the molecule is COCCOC(=O)[C@H](C)N[P@](=O)(OC[C@H]1O[C@@H](n2cc(C(F)(F)F)c(=O)[nH]c2=O)C[C@@H]1O)Oc1ccccc1. The Hall–Kier alpha value is -3.01. The molecule has 0 bridgehead atoms. The third-order valence-electron chi connectivity index (χ3n) is 5.40. The maximum Gasteiger partial charge on any atom is 0.459 e. The van der Waals surface area contributed by atoms with Crippen LogP contribution >= 0.6 is 7.75 Å². The Labute approximate surface area is 219 Å². The van der Waals surface area contributed by atoms with E-state index in [9.17, 15) is 37.2 Å². The smallest absolute Gasteiger partial charge is 0.459 e. The highest BCUT2D eigenvalue weighted by Crippen LogP contribution is 2.46. The van der Waals surface area contributed by atoms with Crippen LogP contribution in [0.5, 0.6) is 5.75 Å². The molecule has 1 aromatic heterocycles. The number of aliphatic hydroxyl groups is 1. The Balaban J connectivity index is 1.74. The quantitative estimate of drug-likeness (QED) is 0.189. The Bertz CT molecular complexity index is 1290. The van der Waals surface area contributed by atoms with Crippen molar-refractivity contribution in [3.8, 4) is 5.75 Å². The number of ether oxygens (including phenoxy) is 3. The van der Waals surface area contributed by atoms with Crippen molar-refractivity contribution in [3.05, 3.63) is 62.9 Å². The molecule has 3 rings (SSSR count). The molecule has 0 aliphatic carbocycles. The lowest BCUT2D eigenvalue weighted by atomic mass is 10.2. The number of hydrogen-bond acceptors (Lipinski definition) is 10. The number of carbonyl (C=O) groups excluding carboxylic acids is 1. The first-order valence-corrected chi connectivity index (χ1v) is 13.1. The number of nitrogens with zero attached hydrogens (tertiary/aromatic N) is 1. The second kappa shape index (κ2) is 12.9. The van der Waals surface area contributed by atoms with Gasteiger partial charge in [-0.1, -0.05) is 18.2 Å². The van der Waals surface area contributed by atoms with Gasteiger partial charge in [0.05, 0.1) is 19.3 Å². The third kappa shape index (κ3) is 8.24. The van der Waals surface area contributed by atoms with Gasteiger partial charge < -0.3 is 23.8 Å². The molecule has 17 heteroatoms. The first kappa shape index (κ1) is 30.5. The maximum atomic E-state index is 13.5. The molecule has 39 heavy (non-hydrogen) atoms. The van der Waals surface area contributed by atoms with Crippen LogP contribution in [0.2, 0.25) is 0 Å². The van der Waals surface area contributed by atoms with Gasteiger partial charge in [0.25, 0.3) is 5.56 Å². The minimum absolute atomic E-state index is 0.0598. The fourth-order valence-electron chi connectivity index (χ4n) is 3.46. The summed E-state index contributed by atoms with van der Waals surface area (Å²) in [5, 5.41) is 12.8. The molecule has 216 valence electrons. The van der Waals surface area contributed by atoms with Crippen LogP contribution in [-0.2, 0) is 34.3 Å². The number of para-hydroxylation sites is 1. The van der Waals surface area contributed by atoms with Crippen molar-refractivity contribution in [2.45, 2.75) is 44.0 Å². The van der Waals surface area contributed by atoms with E-state index in [1.807, 2.05) is 0 Å². The molecular weight excluding hydrogens is 554 g/mol. The normalized spacial score (nSPS) is 21.7. The van der Waals surface area contributed by atoms with Crippen LogP contribution in [0.4, 0.5) is 13.2 Å². The lowest BCUT2D eigenvalue weighted by Crippen LogP contribution is -2.37. The second-order valence-corrected chi connectivity index (χ2v) is 10.0. The number of benzene rings is 1. The first-order chi connectivity index (χ1) is 18.3. The van der Waals surface area contributed by atoms with E-state index < -0.39 is 67.8 Å². The predicted molar refractivity (Wildman–Crippen MR) is 127 cm³/mol. The van der Waals surface area contributed by atoms with Gasteiger partial charge >= 0.3 is 25.6 Å². The molecule has 13 nitrogen and oxygen atoms in total. The highest BCUT2D eigenvalue weighted by Gasteiger charge is 2.41. The predicted octanol–water partition coefficient (Wildman–Crippen LogP) is 1.58. The molecule has 1 aliphatic rings. The third-order valence-corrected chi connectivity index (χ3v) is 7.05. The highest BCUT2D eigenvalue weighted by molar-refractivity contribution is 7.52. The van der Waals surface area contributed by atoms with E-state index in [1.165, 1.54) is 26.2 Å². The standard InChI is InChI=1S/C22H27F3N3O10P/c1-13(20(31)35-9-8-34-2)27-39(33,38-14-6-4-3-5-7-14)36-12-17-16(29)10-18(37-17)28-11-15(22(23,24)25)19(30)26-21(28)32/h3-7,11,13,16-18,29H,8-10,12H2,1-2H3,(H,27,33)(H,26,30,32)/t13-,16-,17+,18+,39-/m0/s1. The van der Waals surface area contributed by atoms with Gasteiger partial charge in [-0.2, -0.15) is 18.3 Å². The topological polar surface area (TPSA) is 167 Å². The van der Waals surface area contributed by atoms with E-state index in [-0.39, 0.29) is 25.4 Å². The Morgan fingerprint density at radius 3 is 2.62 bits per heavy atom. The van der Waals surface area contributed by atoms with Gasteiger partial charge in [0.2, 0.25) is 0 Å². The molecule has 2 aromatic rings. The summed E-state index contributed by atoms with van der Waals surface area (Å²) in [6.45, 7) is 0.797. The van der Waals surface area contributed by atoms with E-state index in [0.29, 0.717) is 10.8 Å². The summed E-state index contributed by atoms with van der Waals surface area (Å²) in [5.41, 5.74) is -4.44. The molecule has 0 spiro atoms. The molecule has 2 heterocycles. The molecule has 0 radical (unpaired) electrons. The molecule has 0 amide bonds. The van der Waals surface area contributed by atoms with Gasteiger partial charge in [-0.05, 0) is 19.1 Å². The molecule has 1 saturated heterocycles. The van der Waals surface area contributed by atoms with Crippen LogP contribution in [0.1, 0.15) is 25.1 Å². The van der Waals surface area contributed by atoms with Gasteiger partial charge in [0, 0.05) is 19.7 Å². The van der Waals surface area contributed by atoms with Crippen molar-refractivity contribution in [1.29, 1.82) is 0 Å². The number of esters is 1. The fourth-order valence-corrected chi connectivity index (χ4v) is 4.96. The number of hydrogen-bond donors (Lipinski definition) is 3. The average molecular weight is 581 g/mol. The zero-order valence-corrected chi connectivity index (χ0v) is 21.6. The average Bonchev–Trinajstić information content (AvgIpc) is 3.22. The number of aromatic amines is 1. The summed E-state index contributed by atoms with van der Waals surface area (Å²) in [6.07, 6.45) is -9.15. The fraction of sp³-hybridized carbons (Fsp3) is 0.500. The van der Waals surface area contributed by atoms with Gasteiger partial charge in [-0.3, -0.25) is 23.7 Å². The highest BCUT2D eigenvalue weighted by atomic mass is 31.2. The van der Waals surface area contributed by atoms with Gasteiger partial charge in [0.1, 0.15) is 36.3 Å². The summed E-state index contributed by atoms with van der Waals surface area (Å²) < 4.78 is 79.7. The van der Waals surface area contributed by atoms with E-state index in [2.05, 4.69) is 5.09 Å². The lowest BCUT2D eigenvalue weighted by Gasteiger charge is -2.24. The number of aromatic nitrogens is 2. The number of alkyl halides is 3. The summed E-state index contributed by atoms with van der Waals surface area (Å²) >= 11 is 0. The molecule has 1 fully saturated rings. The molecule has 3 N–H and O–H groups in total. The van der Waals surface area contributed by atoms with Crippen molar-refractivity contribution in [2.75, 3.05) is 26.9 Å². The van der Waals surface area contributed by atoms with Crippen LogP contribution in [0.25, 0.3) is 0 Å². The number of halogens is 3. The van der Waals surface area contributed by atoms with Crippen molar-refractivity contribution < 1.29 is 50.9 Å². The number of nitrogens with one attached hydrogen (secondary N) is 2. The molecule has 0 unspecified atom stereocenters. The number of methoxy groups -OCH3 is 1. The zero-order valence-electron chi connectivity index (χ0n) is 20.8.